The molecule has 0 amide bonds. The van der Waals surface area contributed by atoms with E-state index in [1.807, 2.05) is 12.1 Å². The molecule has 0 aliphatic carbocycles. The fourth-order valence-electron chi connectivity index (χ4n) is 2.52. The standard InChI is InChI=1S/C15H18ClNO2/c1-11-4-2-3-9-17(11)14-10-13(16)7-5-12(14)6-8-15(18)19/h5-8,10-11H,2-4,9H2,1H3,(H,18,19)/b8-6+. The number of halogens is 1. The highest BCUT2D eigenvalue weighted by Gasteiger charge is 2.20. The maximum absolute atomic E-state index is 10.7. The van der Waals surface area contributed by atoms with Crippen LogP contribution in [0.3, 0.4) is 0 Å². The molecule has 1 aromatic carbocycles. The van der Waals surface area contributed by atoms with Gasteiger partial charge in [-0.1, -0.05) is 17.7 Å². The van der Waals surface area contributed by atoms with E-state index in [9.17, 15) is 4.79 Å². The number of anilines is 1. The molecule has 0 radical (unpaired) electrons. The Morgan fingerprint density at radius 2 is 2.26 bits per heavy atom. The second-order valence-corrected chi connectivity index (χ2v) is 5.35. The molecule has 0 spiro atoms. The summed E-state index contributed by atoms with van der Waals surface area (Å²) in [4.78, 5) is 13.0. The first-order valence-electron chi connectivity index (χ1n) is 6.55. The summed E-state index contributed by atoms with van der Waals surface area (Å²) >= 11 is 6.08. The first kappa shape index (κ1) is 13.9. The molecule has 102 valence electrons. The Hall–Kier alpha value is -1.48. The van der Waals surface area contributed by atoms with E-state index in [1.54, 1.807) is 12.1 Å². The van der Waals surface area contributed by atoms with Crippen LogP contribution in [0, 0.1) is 0 Å². The van der Waals surface area contributed by atoms with Crippen LogP contribution in [-0.2, 0) is 4.79 Å². The number of rotatable bonds is 3. The van der Waals surface area contributed by atoms with Crippen LogP contribution < -0.4 is 4.90 Å². The molecule has 1 fully saturated rings. The summed E-state index contributed by atoms with van der Waals surface area (Å²) in [6.07, 6.45) is 6.38. The van der Waals surface area contributed by atoms with E-state index in [4.69, 9.17) is 16.7 Å². The largest absolute Gasteiger partial charge is 0.478 e. The van der Waals surface area contributed by atoms with Gasteiger partial charge in [0.25, 0.3) is 0 Å². The van der Waals surface area contributed by atoms with Crippen molar-refractivity contribution < 1.29 is 9.90 Å². The second-order valence-electron chi connectivity index (χ2n) is 4.91. The third-order valence-electron chi connectivity index (χ3n) is 3.51. The van der Waals surface area contributed by atoms with Gasteiger partial charge in [0.05, 0.1) is 0 Å². The number of hydrogen-bond donors (Lipinski definition) is 1. The molecule has 4 heteroatoms. The van der Waals surface area contributed by atoms with Gasteiger partial charge in [0, 0.05) is 29.4 Å². The Morgan fingerprint density at radius 1 is 1.47 bits per heavy atom. The molecule has 1 aromatic rings. The molecule has 1 atom stereocenters. The van der Waals surface area contributed by atoms with Crippen molar-refractivity contribution in [2.24, 2.45) is 0 Å². The number of carboxylic acids is 1. The summed E-state index contributed by atoms with van der Waals surface area (Å²) in [5.41, 5.74) is 1.93. The molecule has 1 unspecified atom stereocenters. The van der Waals surface area contributed by atoms with Gasteiger partial charge in [-0.25, -0.2) is 4.79 Å². The van der Waals surface area contributed by atoms with E-state index < -0.39 is 5.97 Å². The van der Waals surface area contributed by atoms with E-state index in [2.05, 4.69) is 11.8 Å². The van der Waals surface area contributed by atoms with Crippen molar-refractivity contribution in [2.45, 2.75) is 32.2 Å². The highest BCUT2D eigenvalue weighted by molar-refractivity contribution is 6.31. The van der Waals surface area contributed by atoms with E-state index in [0.29, 0.717) is 11.1 Å². The predicted molar refractivity (Wildman–Crippen MR) is 78.8 cm³/mol. The number of carboxylic acid groups (broad SMARTS) is 1. The van der Waals surface area contributed by atoms with Gasteiger partial charge in [0.1, 0.15) is 0 Å². The average Bonchev–Trinajstić information content (AvgIpc) is 2.37. The highest BCUT2D eigenvalue weighted by Crippen LogP contribution is 2.31. The Bertz CT molecular complexity index is 499. The monoisotopic (exact) mass is 279 g/mol. The number of nitrogens with zero attached hydrogens (tertiary/aromatic N) is 1. The molecule has 19 heavy (non-hydrogen) atoms. The van der Waals surface area contributed by atoms with Crippen LogP contribution in [0.4, 0.5) is 5.69 Å². The van der Waals surface area contributed by atoms with Crippen molar-refractivity contribution in [3.05, 3.63) is 34.9 Å². The molecule has 1 aliphatic rings. The Labute approximate surface area is 118 Å². The lowest BCUT2D eigenvalue weighted by Gasteiger charge is -2.36. The van der Waals surface area contributed by atoms with Gasteiger partial charge in [0.2, 0.25) is 0 Å². The third kappa shape index (κ3) is 3.51. The minimum atomic E-state index is -0.937. The molecular weight excluding hydrogens is 262 g/mol. The fraction of sp³-hybridized carbons (Fsp3) is 0.400. The third-order valence-corrected chi connectivity index (χ3v) is 3.75. The lowest BCUT2D eigenvalue weighted by Crippen LogP contribution is -2.37. The van der Waals surface area contributed by atoms with Crippen LogP contribution >= 0.6 is 11.6 Å². The van der Waals surface area contributed by atoms with Crippen LogP contribution in [0.25, 0.3) is 6.08 Å². The maximum Gasteiger partial charge on any atom is 0.328 e. The lowest BCUT2D eigenvalue weighted by atomic mass is 10.0. The van der Waals surface area contributed by atoms with Crippen molar-refractivity contribution in [2.75, 3.05) is 11.4 Å². The zero-order valence-corrected chi connectivity index (χ0v) is 11.7. The van der Waals surface area contributed by atoms with E-state index >= 15 is 0 Å². The smallest absolute Gasteiger partial charge is 0.328 e. The summed E-state index contributed by atoms with van der Waals surface area (Å²) in [6.45, 7) is 3.19. The lowest BCUT2D eigenvalue weighted by molar-refractivity contribution is -0.131. The molecule has 1 aliphatic heterocycles. The molecular formula is C15H18ClNO2. The maximum atomic E-state index is 10.7. The van der Waals surface area contributed by atoms with Crippen molar-refractivity contribution in [3.8, 4) is 0 Å². The van der Waals surface area contributed by atoms with Gasteiger partial charge in [-0.2, -0.15) is 0 Å². The van der Waals surface area contributed by atoms with Crippen LogP contribution in [0.1, 0.15) is 31.7 Å². The van der Waals surface area contributed by atoms with Gasteiger partial charge in [-0.3, -0.25) is 0 Å². The number of piperidine rings is 1. The summed E-state index contributed by atoms with van der Waals surface area (Å²) in [5, 5.41) is 9.44. The first-order chi connectivity index (χ1) is 9.08. The predicted octanol–water partition coefficient (Wildman–Crippen LogP) is 3.82. The second kappa shape index (κ2) is 6.11. The molecule has 1 saturated heterocycles. The van der Waals surface area contributed by atoms with E-state index in [0.717, 1.165) is 24.2 Å². The van der Waals surface area contributed by atoms with Gasteiger partial charge in [-0.15, -0.1) is 0 Å². The molecule has 3 nitrogen and oxygen atoms in total. The SMILES string of the molecule is CC1CCCCN1c1cc(Cl)ccc1/C=C/C(=O)O. The van der Waals surface area contributed by atoms with Gasteiger partial charge in [-0.05, 0) is 50.0 Å². The summed E-state index contributed by atoms with van der Waals surface area (Å²) in [5.74, 6) is -0.937. The first-order valence-corrected chi connectivity index (χ1v) is 6.93. The number of hydrogen-bond acceptors (Lipinski definition) is 2. The Kier molecular flexibility index (Phi) is 4.48. The number of benzene rings is 1. The van der Waals surface area contributed by atoms with Crippen molar-refractivity contribution in [1.29, 1.82) is 0 Å². The summed E-state index contributed by atoms with van der Waals surface area (Å²) in [6, 6.07) is 6.05. The minimum Gasteiger partial charge on any atom is -0.478 e. The highest BCUT2D eigenvalue weighted by atomic mass is 35.5. The molecule has 1 N–H and O–H groups in total. The molecule has 1 heterocycles. The topological polar surface area (TPSA) is 40.5 Å². The molecule has 2 rings (SSSR count). The Morgan fingerprint density at radius 3 is 2.95 bits per heavy atom. The number of carbonyl (C=O) groups is 1. The van der Waals surface area contributed by atoms with Crippen molar-refractivity contribution >= 4 is 29.3 Å². The summed E-state index contributed by atoms with van der Waals surface area (Å²) in [7, 11) is 0. The Balaban J connectivity index is 2.36. The summed E-state index contributed by atoms with van der Waals surface area (Å²) < 4.78 is 0. The van der Waals surface area contributed by atoms with Crippen LogP contribution in [0.5, 0.6) is 0 Å². The van der Waals surface area contributed by atoms with Gasteiger partial charge in [0.15, 0.2) is 0 Å². The minimum absolute atomic E-state index is 0.462. The van der Waals surface area contributed by atoms with Crippen LogP contribution in [-0.4, -0.2) is 23.7 Å². The van der Waals surface area contributed by atoms with E-state index in [1.165, 1.54) is 18.9 Å². The van der Waals surface area contributed by atoms with Gasteiger partial charge < -0.3 is 10.0 Å². The molecule has 0 aromatic heterocycles. The molecule has 0 bridgehead atoms. The zero-order valence-electron chi connectivity index (χ0n) is 11.0. The van der Waals surface area contributed by atoms with E-state index in [-0.39, 0.29) is 0 Å². The fourth-order valence-corrected chi connectivity index (χ4v) is 2.69. The van der Waals surface area contributed by atoms with Gasteiger partial charge >= 0.3 is 5.97 Å². The number of aliphatic carboxylic acids is 1. The van der Waals surface area contributed by atoms with Crippen LogP contribution in [0.2, 0.25) is 5.02 Å². The van der Waals surface area contributed by atoms with Crippen molar-refractivity contribution in [1.82, 2.24) is 0 Å². The molecule has 0 saturated carbocycles. The quantitative estimate of drug-likeness (QED) is 0.855. The van der Waals surface area contributed by atoms with Crippen LogP contribution in [0.15, 0.2) is 24.3 Å². The normalized spacial score (nSPS) is 19.9. The zero-order chi connectivity index (χ0) is 13.8. The van der Waals surface area contributed by atoms with Crippen molar-refractivity contribution in [3.63, 3.8) is 0 Å². The average molecular weight is 280 g/mol.